The number of nitrogens with one attached hydrogen (secondary N) is 1. The maximum Gasteiger partial charge on any atom is 0.251 e. The molecule has 0 saturated heterocycles. The van der Waals surface area contributed by atoms with Crippen LogP contribution < -0.4 is 5.32 Å². The molecule has 0 spiro atoms. The SMILES string of the molecule is Cc1cc(C(=O)NCc2ccccn2)ccc1C#CCO. The molecule has 1 amide bonds. The molecule has 4 heteroatoms. The lowest BCUT2D eigenvalue weighted by atomic mass is 10.0. The second-order valence-electron chi connectivity index (χ2n) is 4.49. The van der Waals surface area contributed by atoms with E-state index in [1.807, 2.05) is 25.1 Å². The average Bonchev–Trinajstić information content (AvgIpc) is 2.52. The fourth-order valence-electron chi connectivity index (χ4n) is 1.86. The van der Waals surface area contributed by atoms with E-state index >= 15 is 0 Å². The molecule has 4 nitrogen and oxygen atoms in total. The molecule has 2 N–H and O–H groups in total. The highest BCUT2D eigenvalue weighted by Gasteiger charge is 2.07. The lowest BCUT2D eigenvalue weighted by molar-refractivity contribution is 0.0950. The quantitative estimate of drug-likeness (QED) is 0.841. The average molecular weight is 280 g/mol. The third-order valence-electron chi connectivity index (χ3n) is 2.95. The van der Waals surface area contributed by atoms with Gasteiger partial charge in [-0.05, 0) is 42.8 Å². The van der Waals surface area contributed by atoms with Crippen molar-refractivity contribution in [2.75, 3.05) is 6.61 Å². The summed E-state index contributed by atoms with van der Waals surface area (Å²) >= 11 is 0. The summed E-state index contributed by atoms with van der Waals surface area (Å²) in [5, 5.41) is 11.5. The van der Waals surface area contributed by atoms with Gasteiger partial charge >= 0.3 is 0 Å². The molecule has 0 aliphatic heterocycles. The zero-order chi connectivity index (χ0) is 15.1. The van der Waals surface area contributed by atoms with Gasteiger partial charge in [0.05, 0.1) is 12.2 Å². The second kappa shape index (κ2) is 7.22. The van der Waals surface area contributed by atoms with Crippen molar-refractivity contribution in [1.82, 2.24) is 10.3 Å². The van der Waals surface area contributed by atoms with Gasteiger partial charge in [0.15, 0.2) is 0 Å². The smallest absolute Gasteiger partial charge is 0.251 e. The first-order valence-electron chi connectivity index (χ1n) is 6.59. The van der Waals surface area contributed by atoms with Gasteiger partial charge in [-0.15, -0.1) is 0 Å². The van der Waals surface area contributed by atoms with Crippen LogP contribution in [-0.2, 0) is 6.54 Å². The van der Waals surface area contributed by atoms with E-state index in [2.05, 4.69) is 22.1 Å². The number of nitrogens with zero attached hydrogens (tertiary/aromatic N) is 1. The highest BCUT2D eigenvalue weighted by molar-refractivity contribution is 5.94. The molecular formula is C17H16N2O2. The van der Waals surface area contributed by atoms with Crippen molar-refractivity contribution >= 4 is 5.91 Å². The summed E-state index contributed by atoms with van der Waals surface area (Å²) in [6, 6.07) is 10.9. The molecular weight excluding hydrogens is 264 g/mol. The van der Waals surface area contributed by atoms with Gasteiger partial charge in [-0.25, -0.2) is 0 Å². The summed E-state index contributed by atoms with van der Waals surface area (Å²) in [7, 11) is 0. The topological polar surface area (TPSA) is 62.2 Å². The number of carbonyl (C=O) groups excluding carboxylic acids is 1. The van der Waals surface area contributed by atoms with Crippen LogP contribution in [0.5, 0.6) is 0 Å². The molecule has 0 radical (unpaired) electrons. The zero-order valence-corrected chi connectivity index (χ0v) is 11.8. The highest BCUT2D eigenvalue weighted by atomic mass is 16.2. The number of carbonyl (C=O) groups is 1. The highest BCUT2D eigenvalue weighted by Crippen LogP contribution is 2.10. The van der Waals surface area contributed by atoms with Crippen molar-refractivity contribution in [2.45, 2.75) is 13.5 Å². The summed E-state index contributed by atoms with van der Waals surface area (Å²) < 4.78 is 0. The monoisotopic (exact) mass is 280 g/mol. The molecule has 0 unspecified atom stereocenters. The number of aliphatic hydroxyl groups is 1. The molecule has 0 atom stereocenters. The van der Waals surface area contributed by atoms with Crippen LogP contribution in [0.4, 0.5) is 0 Å². The lowest BCUT2D eigenvalue weighted by Crippen LogP contribution is -2.23. The van der Waals surface area contributed by atoms with Gasteiger partial charge in [-0.2, -0.15) is 0 Å². The van der Waals surface area contributed by atoms with Crippen LogP contribution in [0, 0.1) is 18.8 Å². The van der Waals surface area contributed by atoms with Crippen molar-refractivity contribution in [3.8, 4) is 11.8 Å². The second-order valence-corrected chi connectivity index (χ2v) is 4.49. The minimum absolute atomic E-state index is 0.148. The Labute approximate surface area is 123 Å². The van der Waals surface area contributed by atoms with E-state index in [1.54, 1.807) is 24.4 Å². The number of aromatic nitrogens is 1. The van der Waals surface area contributed by atoms with Gasteiger partial charge in [0.25, 0.3) is 5.91 Å². The molecule has 2 aromatic rings. The zero-order valence-electron chi connectivity index (χ0n) is 11.8. The normalized spacial score (nSPS) is 9.62. The third kappa shape index (κ3) is 4.16. The molecule has 0 saturated carbocycles. The van der Waals surface area contributed by atoms with Gasteiger partial charge in [0.1, 0.15) is 6.61 Å². The van der Waals surface area contributed by atoms with E-state index in [9.17, 15) is 4.79 Å². The van der Waals surface area contributed by atoms with Crippen molar-refractivity contribution in [3.63, 3.8) is 0 Å². The van der Waals surface area contributed by atoms with Crippen molar-refractivity contribution in [3.05, 3.63) is 65.0 Å². The van der Waals surface area contributed by atoms with Gasteiger partial charge in [-0.3, -0.25) is 9.78 Å². The Hall–Kier alpha value is -2.64. The molecule has 1 aromatic carbocycles. The molecule has 2 rings (SSSR count). The molecule has 0 fully saturated rings. The Kier molecular flexibility index (Phi) is 5.08. The van der Waals surface area contributed by atoms with E-state index < -0.39 is 0 Å². The first-order valence-corrected chi connectivity index (χ1v) is 6.59. The summed E-state index contributed by atoms with van der Waals surface area (Å²) in [5.74, 6) is 5.29. The van der Waals surface area contributed by atoms with E-state index in [0.29, 0.717) is 12.1 Å². The van der Waals surface area contributed by atoms with E-state index in [0.717, 1.165) is 16.8 Å². The summed E-state index contributed by atoms with van der Waals surface area (Å²) in [5.41, 5.74) is 3.11. The first kappa shape index (κ1) is 14.8. The van der Waals surface area contributed by atoms with Crippen LogP contribution in [0.15, 0.2) is 42.6 Å². The predicted octanol–water partition coefficient (Wildman–Crippen LogP) is 1.66. The number of hydrogen-bond donors (Lipinski definition) is 2. The Morgan fingerprint density at radius 1 is 1.33 bits per heavy atom. The van der Waals surface area contributed by atoms with Crippen LogP contribution in [0.25, 0.3) is 0 Å². The molecule has 21 heavy (non-hydrogen) atoms. The van der Waals surface area contributed by atoms with Crippen LogP contribution in [0.1, 0.15) is 27.2 Å². The van der Waals surface area contributed by atoms with Gasteiger partial charge < -0.3 is 10.4 Å². The minimum atomic E-state index is -0.175. The Bertz CT molecular complexity index is 685. The number of rotatable bonds is 3. The number of aryl methyl sites for hydroxylation is 1. The Morgan fingerprint density at radius 2 is 2.19 bits per heavy atom. The molecule has 0 aliphatic rings. The maximum absolute atomic E-state index is 12.1. The van der Waals surface area contributed by atoms with Crippen molar-refractivity contribution in [1.29, 1.82) is 0 Å². The van der Waals surface area contributed by atoms with E-state index in [1.165, 1.54) is 0 Å². The molecule has 0 bridgehead atoms. The molecule has 1 heterocycles. The van der Waals surface area contributed by atoms with E-state index in [-0.39, 0.29) is 12.5 Å². The van der Waals surface area contributed by atoms with E-state index in [4.69, 9.17) is 5.11 Å². The molecule has 1 aromatic heterocycles. The maximum atomic E-state index is 12.1. The van der Waals surface area contributed by atoms with Gasteiger partial charge in [0, 0.05) is 17.3 Å². The molecule has 106 valence electrons. The van der Waals surface area contributed by atoms with Gasteiger partial charge in [-0.1, -0.05) is 17.9 Å². The fourth-order valence-corrected chi connectivity index (χ4v) is 1.86. The van der Waals surface area contributed by atoms with Crippen molar-refractivity contribution in [2.24, 2.45) is 0 Å². The van der Waals surface area contributed by atoms with Crippen LogP contribution in [0.3, 0.4) is 0 Å². The third-order valence-corrected chi connectivity index (χ3v) is 2.95. The summed E-state index contributed by atoms with van der Waals surface area (Å²) in [6.45, 7) is 2.10. The number of pyridine rings is 1. The molecule has 0 aliphatic carbocycles. The number of benzene rings is 1. The summed E-state index contributed by atoms with van der Waals surface area (Å²) in [6.07, 6.45) is 1.69. The van der Waals surface area contributed by atoms with Crippen LogP contribution >= 0.6 is 0 Å². The van der Waals surface area contributed by atoms with Crippen LogP contribution in [-0.4, -0.2) is 22.6 Å². The lowest BCUT2D eigenvalue weighted by Gasteiger charge is -2.06. The van der Waals surface area contributed by atoms with Gasteiger partial charge in [0.2, 0.25) is 0 Å². The standard InChI is InChI=1S/C17H16N2O2/c1-13-11-15(8-7-14(13)5-4-10-20)17(21)19-12-16-6-2-3-9-18-16/h2-3,6-9,11,20H,10,12H2,1H3,(H,19,21). The largest absolute Gasteiger partial charge is 0.384 e. The fraction of sp³-hybridized carbons (Fsp3) is 0.176. The Morgan fingerprint density at radius 3 is 2.86 bits per heavy atom. The first-order chi connectivity index (χ1) is 10.2. The number of amides is 1. The number of aliphatic hydroxyl groups excluding tert-OH is 1. The van der Waals surface area contributed by atoms with Crippen LogP contribution in [0.2, 0.25) is 0 Å². The minimum Gasteiger partial charge on any atom is -0.384 e. The van der Waals surface area contributed by atoms with Crippen molar-refractivity contribution < 1.29 is 9.90 Å². The Balaban J connectivity index is 2.04. The predicted molar refractivity (Wildman–Crippen MR) is 80.6 cm³/mol. The number of hydrogen-bond acceptors (Lipinski definition) is 3. The summed E-state index contributed by atoms with van der Waals surface area (Å²) in [4.78, 5) is 16.2.